The Morgan fingerprint density at radius 2 is 1.80 bits per heavy atom. The molecule has 0 spiro atoms. The van der Waals surface area contributed by atoms with Gasteiger partial charge in [-0.2, -0.15) is 0 Å². The average Bonchev–Trinajstić information content (AvgIpc) is 3.00. The average molecular weight is 407 g/mol. The van der Waals surface area contributed by atoms with E-state index in [9.17, 15) is 19.2 Å². The van der Waals surface area contributed by atoms with E-state index >= 15 is 0 Å². The number of nitrogens with one attached hydrogen (secondary N) is 2. The zero-order valence-corrected chi connectivity index (χ0v) is 16.2. The predicted molar refractivity (Wildman–Crippen MR) is 108 cm³/mol. The van der Waals surface area contributed by atoms with Gasteiger partial charge >= 0.3 is 0 Å². The summed E-state index contributed by atoms with van der Waals surface area (Å²) >= 11 is 0. The van der Waals surface area contributed by atoms with Crippen molar-refractivity contribution < 1.29 is 23.9 Å². The van der Waals surface area contributed by atoms with Crippen LogP contribution in [-0.4, -0.2) is 47.7 Å². The van der Waals surface area contributed by atoms with Gasteiger partial charge in [0.25, 0.3) is 11.8 Å². The molecule has 30 heavy (non-hydrogen) atoms. The molecular weight excluding hydrogens is 386 g/mol. The van der Waals surface area contributed by atoms with Crippen molar-refractivity contribution in [1.82, 2.24) is 10.2 Å². The largest absolute Gasteiger partial charge is 0.382 e. The van der Waals surface area contributed by atoms with Crippen LogP contribution in [0.4, 0.5) is 5.69 Å². The maximum absolute atomic E-state index is 13.0. The maximum Gasteiger partial charge on any atom is 0.264 e. The number of nitrogens with zero attached hydrogens (tertiary/aromatic N) is 1. The van der Waals surface area contributed by atoms with Gasteiger partial charge in [-0.3, -0.25) is 29.4 Å². The van der Waals surface area contributed by atoms with E-state index in [0.29, 0.717) is 25.4 Å². The molecule has 1 unspecified atom stereocenters. The summed E-state index contributed by atoms with van der Waals surface area (Å²) in [4.78, 5) is 50.3. The predicted octanol–water partition coefficient (Wildman–Crippen LogP) is 1.72. The molecule has 1 atom stereocenters. The number of piperidine rings is 1. The number of benzene rings is 2. The number of rotatable bonds is 7. The van der Waals surface area contributed by atoms with Gasteiger partial charge in [0.2, 0.25) is 11.8 Å². The Hall–Kier alpha value is -3.52. The summed E-state index contributed by atoms with van der Waals surface area (Å²) in [5, 5.41) is 5.34. The Balaban J connectivity index is 1.41. The molecule has 2 aromatic rings. The fourth-order valence-electron chi connectivity index (χ4n) is 3.68. The van der Waals surface area contributed by atoms with Gasteiger partial charge in [0.15, 0.2) is 0 Å². The van der Waals surface area contributed by atoms with Crippen molar-refractivity contribution in [2.45, 2.75) is 25.5 Å². The molecule has 2 aliphatic rings. The highest BCUT2D eigenvalue weighted by atomic mass is 16.5. The van der Waals surface area contributed by atoms with Crippen LogP contribution in [0.5, 0.6) is 0 Å². The second kappa shape index (κ2) is 8.46. The van der Waals surface area contributed by atoms with Gasteiger partial charge in [-0.1, -0.05) is 36.4 Å². The van der Waals surface area contributed by atoms with Crippen LogP contribution in [0.2, 0.25) is 0 Å². The van der Waals surface area contributed by atoms with Gasteiger partial charge in [-0.15, -0.1) is 0 Å². The first kappa shape index (κ1) is 19.8. The molecule has 1 fully saturated rings. The maximum atomic E-state index is 13.0. The van der Waals surface area contributed by atoms with Gasteiger partial charge in [0.1, 0.15) is 6.04 Å². The molecule has 2 aliphatic heterocycles. The quantitative estimate of drug-likeness (QED) is 0.535. The van der Waals surface area contributed by atoms with Crippen LogP contribution in [0.3, 0.4) is 0 Å². The molecule has 8 nitrogen and oxygen atoms in total. The molecule has 8 heteroatoms. The van der Waals surface area contributed by atoms with Crippen molar-refractivity contribution in [3.05, 3.63) is 65.2 Å². The molecular formula is C22H21N3O5. The Bertz CT molecular complexity index is 1010. The van der Waals surface area contributed by atoms with Gasteiger partial charge in [-0.25, -0.2) is 0 Å². The molecule has 1 saturated heterocycles. The van der Waals surface area contributed by atoms with Crippen molar-refractivity contribution in [2.24, 2.45) is 0 Å². The summed E-state index contributed by atoms with van der Waals surface area (Å²) < 4.78 is 5.64. The molecule has 0 radical (unpaired) electrons. The number of amides is 4. The number of fused-ring (bicyclic) bond motifs is 1. The number of carbonyl (C=O) groups excluding carboxylic acids is 4. The normalized spacial score (nSPS) is 18.4. The molecule has 2 heterocycles. The number of anilines is 1. The van der Waals surface area contributed by atoms with Gasteiger partial charge in [0, 0.05) is 18.7 Å². The van der Waals surface area contributed by atoms with Crippen molar-refractivity contribution in [3.63, 3.8) is 0 Å². The minimum Gasteiger partial charge on any atom is -0.382 e. The highest BCUT2D eigenvalue weighted by Crippen LogP contribution is 2.32. The second-order valence-electron chi connectivity index (χ2n) is 7.14. The molecule has 2 N–H and O–H groups in total. The molecule has 4 amide bonds. The van der Waals surface area contributed by atoms with Gasteiger partial charge in [0.05, 0.1) is 24.3 Å². The van der Waals surface area contributed by atoms with E-state index in [4.69, 9.17) is 4.74 Å². The van der Waals surface area contributed by atoms with Crippen molar-refractivity contribution in [2.75, 3.05) is 18.5 Å². The van der Waals surface area contributed by atoms with E-state index in [1.165, 1.54) is 0 Å². The van der Waals surface area contributed by atoms with E-state index in [1.807, 2.05) is 30.3 Å². The zero-order valence-electron chi connectivity index (χ0n) is 16.2. The SMILES string of the molecule is O=C1CCC(N2C(=O)c3cccc(NCCOCc4ccccc4)c3C2=O)C(=O)N1. The lowest BCUT2D eigenvalue weighted by molar-refractivity contribution is -0.136. The lowest BCUT2D eigenvalue weighted by atomic mass is 10.0. The first-order valence-electron chi connectivity index (χ1n) is 9.76. The van der Waals surface area contributed by atoms with Gasteiger partial charge < -0.3 is 10.1 Å². The topological polar surface area (TPSA) is 105 Å². The molecule has 0 bridgehead atoms. The van der Waals surface area contributed by atoms with E-state index < -0.39 is 29.7 Å². The van der Waals surface area contributed by atoms with Crippen LogP contribution < -0.4 is 10.6 Å². The summed E-state index contributed by atoms with van der Waals surface area (Å²) in [6.07, 6.45) is 0.222. The lowest BCUT2D eigenvalue weighted by Gasteiger charge is -2.27. The highest BCUT2D eigenvalue weighted by Gasteiger charge is 2.45. The third-order valence-corrected chi connectivity index (χ3v) is 5.14. The first-order valence-corrected chi connectivity index (χ1v) is 9.76. The molecule has 154 valence electrons. The van der Waals surface area contributed by atoms with E-state index in [2.05, 4.69) is 10.6 Å². The number of hydrogen-bond acceptors (Lipinski definition) is 6. The van der Waals surface area contributed by atoms with Crippen molar-refractivity contribution in [1.29, 1.82) is 0 Å². The van der Waals surface area contributed by atoms with Crippen LogP contribution in [0.25, 0.3) is 0 Å². The van der Waals surface area contributed by atoms with Gasteiger partial charge in [-0.05, 0) is 24.1 Å². The third-order valence-electron chi connectivity index (χ3n) is 5.14. The summed E-state index contributed by atoms with van der Waals surface area (Å²) in [6, 6.07) is 13.8. The summed E-state index contributed by atoms with van der Waals surface area (Å²) in [5.74, 6) is -2.07. The molecule has 4 rings (SSSR count). The minimum atomic E-state index is -0.975. The van der Waals surface area contributed by atoms with E-state index in [-0.39, 0.29) is 24.0 Å². The zero-order chi connectivity index (χ0) is 21.1. The van der Waals surface area contributed by atoms with Crippen LogP contribution in [0.15, 0.2) is 48.5 Å². The van der Waals surface area contributed by atoms with Crippen LogP contribution in [0.1, 0.15) is 39.1 Å². The highest BCUT2D eigenvalue weighted by molar-refractivity contribution is 6.25. The summed E-state index contributed by atoms with van der Waals surface area (Å²) in [6.45, 7) is 1.34. The molecule has 2 aromatic carbocycles. The standard InChI is InChI=1S/C22H21N3O5/c26-18-10-9-17(20(27)24-18)25-21(28)15-7-4-8-16(19(15)22(25)29)23-11-12-30-13-14-5-2-1-3-6-14/h1-8,17,23H,9-13H2,(H,24,26,27). The summed E-state index contributed by atoms with van der Waals surface area (Å²) in [5.41, 5.74) is 2.08. The fraction of sp³-hybridized carbons (Fsp3) is 0.273. The monoisotopic (exact) mass is 407 g/mol. The number of carbonyl (C=O) groups is 4. The minimum absolute atomic E-state index is 0.0909. The van der Waals surface area contributed by atoms with E-state index in [0.717, 1.165) is 10.5 Å². The summed E-state index contributed by atoms with van der Waals surface area (Å²) in [7, 11) is 0. The number of hydrogen-bond donors (Lipinski definition) is 2. The van der Waals surface area contributed by atoms with Crippen LogP contribution in [0, 0.1) is 0 Å². The van der Waals surface area contributed by atoms with Crippen molar-refractivity contribution in [3.8, 4) is 0 Å². The van der Waals surface area contributed by atoms with E-state index in [1.54, 1.807) is 18.2 Å². The first-order chi connectivity index (χ1) is 14.6. The number of ether oxygens (including phenoxy) is 1. The smallest absolute Gasteiger partial charge is 0.264 e. The Kier molecular flexibility index (Phi) is 5.58. The molecule has 0 aliphatic carbocycles. The fourth-order valence-corrected chi connectivity index (χ4v) is 3.68. The van der Waals surface area contributed by atoms with Crippen LogP contribution in [-0.2, 0) is 20.9 Å². The lowest BCUT2D eigenvalue weighted by Crippen LogP contribution is -2.54. The van der Waals surface area contributed by atoms with Crippen molar-refractivity contribution >= 4 is 29.3 Å². The second-order valence-corrected chi connectivity index (χ2v) is 7.14. The van der Waals surface area contributed by atoms with Crippen LogP contribution >= 0.6 is 0 Å². The Morgan fingerprint density at radius 1 is 1.00 bits per heavy atom. The molecule has 0 saturated carbocycles. The molecule has 0 aromatic heterocycles. The third kappa shape index (κ3) is 3.81. The Morgan fingerprint density at radius 3 is 2.57 bits per heavy atom. The number of imide groups is 2. The Labute approximate surface area is 173 Å².